The number of nitrogens with one attached hydrogen (secondary N) is 1. The van der Waals surface area contributed by atoms with Gasteiger partial charge < -0.3 is 9.88 Å². The zero-order chi connectivity index (χ0) is 20.2. The second-order valence-electron chi connectivity index (χ2n) is 7.05. The molecule has 1 N–H and O–H groups in total. The van der Waals surface area contributed by atoms with Crippen molar-refractivity contribution in [2.75, 3.05) is 0 Å². The van der Waals surface area contributed by atoms with E-state index in [0.29, 0.717) is 17.7 Å². The van der Waals surface area contributed by atoms with Crippen LogP contribution in [0.5, 0.6) is 0 Å². The molecule has 4 aromatic rings. The molecule has 0 radical (unpaired) electrons. The number of amides is 1. The van der Waals surface area contributed by atoms with Crippen molar-refractivity contribution in [1.29, 1.82) is 0 Å². The van der Waals surface area contributed by atoms with Crippen LogP contribution in [0.1, 0.15) is 27.0 Å². The third-order valence-electron chi connectivity index (χ3n) is 4.96. The van der Waals surface area contributed by atoms with Gasteiger partial charge in [0.15, 0.2) is 0 Å². The first-order valence-electron chi connectivity index (χ1n) is 9.46. The van der Waals surface area contributed by atoms with Gasteiger partial charge in [-0.1, -0.05) is 48.5 Å². The van der Waals surface area contributed by atoms with E-state index < -0.39 is 0 Å². The smallest absolute Gasteiger partial charge is 0.254 e. The average Bonchev–Trinajstić information content (AvgIpc) is 2.75. The summed E-state index contributed by atoms with van der Waals surface area (Å²) in [5.74, 6) is -0.139. The summed E-state index contributed by atoms with van der Waals surface area (Å²) in [5.41, 5.74) is 3.78. The van der Waals surface area contributed by atoms with Crippen LogP contribution in [0.2, 0.25) is 0 Å². The standard InChI is InChI=1S/C24H21N3O2/c1-17-6-5-9-20-14-21(23(28)26-22(17)20)16-27(15-18-7-3-2-4-8-18)24(29)19-10-12-25-13-11-19/h2-14H,15-16H2,1H3,(H,26,28). The van der Waals surface area contributed by atoms with Crippen LogP contribution in [0.15, 0.2) is 83.9 Å². The van der Waals surface area contributed by atoms with Gasteiger partial charge in [-0.25, -0.2) is 0 Å². The topological polar surface area (TPSA) is 66.1 Å². The molecule has 2 aromatic carbocycles. The number of hydrogen-bond donors (Lipinski definition) is 1. The highest BCUT2D eigenvalue weighted by molar-refractivity contribution is 5.94. The molecule has 2 aromatic heterocycles. The van der Waals surface area contributed by atoms with Crippen molar-refractivity contribution in [3.63, 3.8) is 0 Å². The highest BCUT2D eigenvalue weighted by Gasteiger charge is 2.18. The number of carbonyl (C=O) groups excluding carboxylic acids is 1. The Kier molecular flexibility index (Phi) is 5.20. The lowest BCUT2D eigenvalue weighted by molar-refractivity contribution is 0.0729. The minimum Gasteiger partial charge on any atom is -0.330 e. The molecule has 0 aliphatic rings. The van der Waals surface area contributed by atoms with E-state index in [2.05, 4.69) is 9.97 Å². The molecule has 0 unspecified atom stereocenters. The van der Waals surface area contributed by atoms with E-state index in [0.717, 1.165) is 22.0 Å². The van der Waals surface area contributed by atoms with E-state index in [9.17, 15) is 9.59 Å². The summed E-state index contributed by atoms with van der Waals surface area (Å²) in [6, 6.07) is 20.9. The molecule has 4 rings (SSSR count). The molecule has 0 atom stereocenters. The maximum Gasteiger partial charge on any atom is 0.254 e. The third kappa shape index (κ3) is 4.09. The molecule has 0 saturated carbocycles. The first-order chi connectivity index (χ1) is 14.1. The van der Waals surface area contributed by atoms with Crippen LogP contribution in [0, 0.1) is 6.92 Å². The second-order valence-corrected chi connectivity index (χ2v) is 7.05. The van der Waals surface area contributed by atoms with Crippen molar-refractivity contribution in [1.82, 2.24) is 14.9 Å². The van der Waals surface area contributed by atoms with Crippen LogP contribution in [-0.2, 0) is 13.1 Å². The Hall–Kier alpha value is -3.73. The van der Waals surface area contributed by atoms with Crippen LogP contribution in [0.25, 0.3) is 10.9 Å². The van der Waals surface area contributed by atoms with Crippen LogP contribution < -0.4 is 5.56 Å². The number of pyridine rings is 2. The molecule has 1 amide bonds. The molecule has 0 bridgehead atoms. The number of aromatic amines is 1. The van der Waals surface area contributed by atoms with E-state index in [1.165, 1.54) is 0 Å². The van der Waals surface area contributed by atoms with E-state index in [1.807, 2.05) is 61.5 Å². The largest absolute Gasteiger partial charge is 0.330 e. The molecule has 0 saturated heterocycles. The van der Waals surface area contributed by atoms with E-state index >= 15 is 0 Å². The van der Waals surface area contributed by atoms with Crippen molar-refractivity contribution >= 4 is 16.8 Å². The summed E-state index contributed by atoms with van der Waals surface area (Å²) in [6.45, 7) is 2.59. The number of nitrogens with zero attached hydrogens (tertiary/aromatic N) is 2. The predicted molar refractivity (Wildman–Crippen MR) is 114 cm³/mol. The Morgan fingerprint density at radius 2 is 1.72 bits per heavy atom. The summed E-state index contributed by atoms with van der Waals surface area (Å²) >= 11 is 0. The molecule has 0 spiro atoms. The molecule has 0 fully saturated rings. The van der Waals surface area contributed by atoms with Gasteiger partial charge in [0.2, 0.25) is 0 Å². The van der Waals surface area contributed by atoms with Crippen molar-refractivity contribution in [2.24, 2.45) is 0 Å². The molecule has 144 valence electrons. The Labute approximate surface area is 168 Å². The number of carbonyl (C=O) groups is 1. The Morgan fingerprint density at radius 3 is 2.48 bits per heavy atom. The van der Waals surface area contributed by atoms with E-state index in [1.54, 1.807) is 29.4 Å². The molecule has 0 aliphatic heterocycles. The molecule has 5 nitrogen and oxygen atoms in total. The fourth-order valence-electron chi connectivity index (χ4n) is 3.43. The third-order valence-corrected chi connectivity index (χ3v) is 4.96. The van der Waals surface area contributed by atoms with Crippen molar-refractivity contribution in [2.45, 2.75) is 20.0 Å². The second kappa shape index (κ2) is 8.10. The number of aryl methyl sites for hydroxylation is 1. The zero-order valence-corrected chi connectivity index (χ0v) is 16.1. The number of fused-ring (bicyclic) bond motifs is 1. The number of aromatic nitrogens is 2. The van der Waals surface area contributed by atoms with E-state index in [4.69, 9.17) is 0 Å². The average molecular weight is 383 g/mol. The first-order valence-corrected chi connectivity index (χ1v) is 9.46. The van der Waals surface area contributed by atoms with Crippen LogP contribution in [0.3, 0.4) is 0 Å². The zero-order valence-electron chi connectivity index (χ0n) is 16.1. The molecular weight excluding hydrogens is 362 g/mol. The lowest BCUT2D eigenvalue weighted by Gasteiger charge is -2.23. The SMILES string of the molecule is Cc1cccc2cc(CN(Cc3ccccc3)C(=O)c3ccncc3)c(=O)[nH]c12. The lowest BCUT2D eigenvalue weighted by atomic mass is 10.1. The number of hydrogen-bond acceptors (Lipinski definition) is 3. The number of rotatable bonds is 5. The first kappa shape index (κ1) is 18.6. The fraction of sp³-hybridized carbons (Fsp3) is 0.125. The molecule has 0 aliphatic carbocycles. The van der Waals surface area contributed by atoms with Gasteiger partial charge in [-0.15, -0.1) is 0 Å². The van der Waals surface area contributed by atoms with Gasteiger partial charge in [0, 0.05) is 30.1 Å². The van der Waals surface area contributed by atoms with Gasteiger partial charge in [0.25, 0.3) is 11.5 Å². The maximum absolute atomic E-state index is 13.2. The maximum atomic E-state index is 13.2. The fourth-order valence-corrected chi connectivity index (χ4v) is 3.43. The Balaban J connectivity index is 1.71. The van der Waals surface area contributed by atoms with Crippen LogP contribution in [0.4, 0.5) is 0 Å². The quantitative estimate of drug-likeness (QED) is 0.565. The highest BCUT2D eigenvalue weighted by Crippen LogP contribution is 2.17. The van der Waals surface area contributed by atoms with Gasteiger partial charge >= 0.3 is 0 Å². The Morgan fingerprint density at radius 1 is 0.966 bits per heavy atom. The summed E-state index contributed by atoms with van der Waals surface area (Å²) in [6.07, 6.45) is 3.19. The predicted octanol–water partition coefficient (Wildman–Crippen LogP) is 4.07. The van der Waals surface area contributed by atoms with Crippen molar-refractivity contribution < 1.29 is 4.79 Å². The monoisotopic (exact) mass is 383 g/mol. The normalized spacial score (nSPS) is 10.8. The summed E-state index contributed by atoms with van der Waals surface area (Å²) in [4.78, 5) is 34.5. The number of para-hydroxylation sites is 1. The van der Waals surface area contributed by atoms with Crippen LogP contribution >= 0.6 is 0 Å². The van der Waals surface area contributed by atoms with Crippen LogP contribution in [-0.4, -0.2) is 20.8 Å². The minimum atomic E-state index is -0.174. The molecule has 2 heterocycles. The van der Waals surface area contributed by atoms with Crippen molar-refractivity contribution in [3.05, 3.63) is 112 Å². The van der Waals surface area contributed by atoms with Gasteiger partial charge in [-0.3, -0.25) is 14.6 Å². The van der Waals surface area contributed by atoms with Gasteiger partial charge in [-0.05, 0) is 41.6 Å². The number of H-pyrrole nitrogens is 1. The number of benzene rings is 2. The summed E-state index contributed by atoms with van der Waals surface area (Å²) in [5, 5.41) is 0.954. The van der Waals surface area contributed by atoms with E-state index in [-0.39, 0.29) is 18.0 Å². The summed E-state index contributed by atoms with van der Waals surface area (Å²) < 4.78 is 0. The van der Waals surface area contributed by atoms with Gasteiger partial charge in [0.05, 0.1) is 12.1 Å². The molecule has 29 heavy (non-hydrogen) atoms. The minimum absolute atomic E-state index is 0.139. The van der Waals surface area contributed by atoms with Crippen molar-refractivity contribution in [3.8, 4) is 0 Å². The lowest BCUT2D eigenvalue weighted by Crippen LogP contribution is -2.32. The van der Waals surface area contributed by atoms with Gasteiger partial charge in [-0.2, -0.15) is 0 Å². The molecule has 5 heteroatoms. The summed E-state index contributed by atoms with van der Waals surface area (Å²) in [7, 11) is 0. The Bertz CT molecular complexity index is 1200. The van der Waals surface area contributed by atoms with Gasteiger partial charge in [0.1, 0.15) is 0 Å². The molecular formula is C24H21N3O2. The highest BCUT2D eigenvalue weighted by atomic mass is 16.2.